The van der Waals surface area contributed by atoms with Gasteiger partial charge in [-0.1, -0.05) is 49.8 Å². The second kappa shape index (κ2) is 8.19. The normalized spacial score (nSPS) is 12.3. The van der Waals surface area contributed by atoms with Crippen LogP contribution in [0.3, 0.4) is 0 Å². The van der Waals surface area contributed by atoms with E-state index in [0.717, 1.165) is 5.52 Å². The summed E-state index contributed by atoms with van der Waals surface area (Å²) in [6, 6.07) is 7.49. The summed E-state index contributed by atoms with van der Waals surface area (Å²) in [6.07, 6.45) is 0.706. The molecule has 0 saturated heterocycles. The Morgan fingerprint density at radius 3 is 2.73 bits per heavy atom. The zero-order valence-electron chi connectivity index (χ0n) is 17.5. The Balaban J connectivity index is 1.72. The van der Waals surface area contributed by atoms with Crippen LogP contribution in [0.15, 0.2) is 38.7 Å². The molecular formula is C20H24N6O3S. The van der Waals surface area contributed by atoms with E-state index < -0.39 is 0 Å². The lowest BCUT2D eigenvalue weighted by Crippen LogP contribution is -2.24. The van der Waals surface area contributed by atoms with Crippen molar-refractivity contribution in [2.75, 3.05) is 13.7 Å². The van der Waals surface area contributed by atoms with E-state index in [-0.39, 0.29) is 11.0 Å². The largest absolute Gasteiger partial charge is 0.385 e. The van der Waals surface area contributed by atoms with Crippen LogP contribution in [-0.4, -0.2) is 43.0 Å². The molecule has 0 atom stereocenters. The zero-order chi connectivity index (χ0) is 21.3. The van der Waals surface area contributed by atoms with Crippen LogP contribution in [0.5, 0.6) is 0 Å². The minimum Gasteiger partial charge on any atom is -0.385 e. The number of aromatic nitrogens is 6. The Labute approximate surface area is 177 Å². The third kappa shape index (κ3) is 3.84. The van der Waals surface area contributed by atoms with E-state index in [2.05, 4.69) is 20.3 Å². The molecule has 0 aliphatic rings. The summed E-state index contributed by atoms with van der Waals surface area (Å²) in [7, 11) is 1.65. The van der Waals surface area contributed by atoms with Gasteiger partial charge in [-0.05, 0) is 18.6 Å². The van der Waals surface area contributed by atoms with Crippen molar-refractivity contribution in [3.63, 3.8) is 0 Å². The molecule has 0 aliphatic carbocycles. The van der Waals surface area contributed by atoms with E-state index in [0.29, 0.717) is 53.4 Å². The molecule has 1 aromatic carbocycles. The van der Waals surface area contributed by atoms with Gasteiger partial charge < -0.3 is 9.26 Å². The number of nitrogens with zero attached hydrogens (tertiary/aromatic N) is 6. The van der Waals surface area contributed by atoms with Crippen molar-refractivity contribution >= 4 is 28.4 Å². The van der Waals surface area contributed by atoms with Crippen molar-refractivity contribution in [3.05, 3.63) is 46.3 Å². The smallest absolute Gasteiger partial charge is 0.262 e. The molecule has 9 nitrogen and oxygen atoms in total. The highest BCUT2D eigenvalue weighted by Crippen LogP contribution is 2.25. The summed E-state index contributed by atoms with van der Waals surface area (Å²) in [4.78, 5) is 17.5. The first-order valence-electron chi connectivity index (χ1n) is 9.71. The van der Waals surface area contributed by atoms with Gasteiger partial charge in [-0.2, -0.15) is 4.98 Å². The lowest BCUT2D eigenvalue weighted by Gasteiger charge is -2.11. The van der Waals surface area contributed by atoms with Gasteiger partial charge in [0.15, 0.2) is 11.0 Å². The number of para-hydroxylation sites is 1. The standard InChI is InChI=1S/C20H24N6O3S/c1-20(2,3)17-21-15(29-24-17)12-30-19-23-22-18-25(10-7-11-28-4)16(27)13-8-5-6-9-14(13)26(18)19/h5-6,8-9H,7,10-12H2,1-4H3. The average molecular weight is 429 g/mol. The number of hydrogen-bond acceptors (Lipinski definition) is 8. The SMILES string of the molecule is COCCCn1c(=O)c2ccccc2n2c(SCc3nc(C(C)(C)C)no3)nnc12. The molecular weight excluding hydrogens is 404 g/mol. The molecule has 0 amide bonds. The van der Waals surface area contributed by atoms with Crippen molar-refractivity contribution in [2.24, 2.45) is 0 Å². The maximum absolute atomic E-state index is 13.0. The van der Waals surface area contributed by atoms with E-state index >= 15 is 0 Å². The average Bonchev–Trinajstić information content (AvgIpc) is 3.36. The molecule has 3 heterocycles. The van der Waals surface area contributed by atoms with Crippen LogP contribution in [0, 0.1) is 0 Å². The van der Waals surface area contributed by atoms with Crippen LogP contribution in [0.2, 0.25) is 0 Å². The number of rotatable bonds is 7. The summed E-state index contributed by atoms with van der Waals surface area (Å²) in [5.74, 6) is 2.17. The summed E-state index contributed by atoms with van der Waals surface area (Å²) in [5.41, 5.74) is 0.515. The van der Waals surface area contributed by atoms with E-state index in [1.54, 1.807) is 11.7 Å². The van der Waals surface area contributed by atoms with Gasteiger partial charge in [-0.25, -0.2) is 0 Å². The van der Waals surface area contributed by atoms with Crippen LogP contribution in [0.1, 0.15) is 38.9 Å². The van der Waals surface area contributed by atoms with Crippen LogP contribution in [0.4, 0.5) is 0 Å². The molecule has 0 radical (unpaired) electrons. The fourth-order valence-electron chi connectivity index (χ4n) is 3.14. The highest BCUT2D eigenvalue weighted by Gasteiger charge is 2.22. The third-order valence-electron chi connectivity index (χ3n) is 4.67. The molecule has 4 rings (SSSR count). The highest BCUT2D eigenvalue weighted by molar-refractivity contribution is 7.98. The number of methoxy groups -OCH3 is 1. The third-order valence-corrected chi connectivity index (χ3v) is 5.59. The monoisotopic (exact) mass is 428 g/mol. The number of hydrogen-bond donors (Lipinski definition) is 0. The lowest BCUT2D eigenvalue weighted by atomic mass is 9.96. The maximum atomic E-state index is 13.0. The van der Waals surface area contributed by atoms with Gasteiger partial charge in [-0.3, -0.25) is 13.8 Å². The molecule has 30 heavy (non-hydrogen) atoms. The van der Waals surface area contributed by atoms with E-state index in [1.165, 1.54) is 11.8 Å². The van der Waals surface area contributed by atoms with Crippen molar-refractivity contribution in [2.45, 2.75) is 50.1 Å². The van der Waals surface area contributed by atoms with Crippen molar-refractivity contribution < 1.29 is 9.26 Å². The molecule has 0 unspecified atom stereocenters. The first-order chi connectivity index (χ1) is 14.4. The van der Waals surface area contributed by atoms with Crippen molar-refractivity contribution in [1.82, 2.24) is 29.3 Å². The Kier molecular flexibility index (Phi) is 5.61. The minimum atomic E-state index is -0.178. The van der Waals surface area contributed by atoms with Gasteiger partial charge in [-0.15, -0.1) is 10.2 Å². The van der Waals surface area contributed by atoms with E-state index in [1.807, 2.05) is 49.4 Å². The lowest BCUT2D eigenvalue weighted by molar-refractivity contribution is 0.190. The molecule has 158 valence electrons. The topological polar surface area (TPSA) is 100 Å². The van der Waals surface area contributed by atoms with Gasteiger partial charge in [0.2, 0.25) is 11.7 Å². The Morgan fingerprint density at radius 2 is 2.00 bits per heavy atom. The van der Waals surface area contributed by atoms with E-state index in [9.17, 15) is 4.79 Å². The highest BCUT2D eigenvalue weighted by atomic mass is 32.2. The first kappa shape index (κ1) is 20.5. The second-order valence-electron chi connectivity index (χ2n) is 7.99. The minimum absolute atomic E-state index is 0.0788. The number of benzene rings is 1. The maximum Gasteiger partial charge on any atom is 0.262 e. The fourth-order valence-corrected chi connectivity index (χ4v) is 3.92. The number of fused-ring (bicyclic) bond motifs is 3. The first-order valence-corrected chi connectivity index (χ1v) is 10.7. The number of aryl methyl sites for hydroxylation is 1. The number of ether oxygens (including phenoxy) is 1. The van der Waals surface area contributed by atoms with Crippen LogP contribution in [0.25, 0.3) is 16.7 Å². The van der Waals surface area contributed by atoms with Crippen LogP contribution < -0.4 is 5.56 Å². The molecule has 0 bridgehead atoms. The van der Waals surface area contributed by atoms with Gasteiger partial charge >= 0.3 is 0 Å². The van der Waals surface area contributed by atoms with Crippen molar-refractivity contribution in [1.29, 1.82) is 0 Å². The molecule has 0 fully saturated rings. The summed E-state index contributed by atoms with van der Waals surface area (Å²) < 4.78 is 14.1. The quantitative estimate of drug-likeness (QED) is 0.327. The van der Waals surface area contributed by atoms with Gasteiger partial charge in [0.25, 0.3) is 5.56 Å². The fraction of sp³-hybridized carbons (Fsp3) is 0.450. The van der Waals surface area contributed by atoms with Crippen molar-refractivity contribution in [3.8, 4) is 0 Å². The second-order valence-corrected chi connectivity index (χ2v) is 8.93. The van der Waals surface area contributed by atoms with E-state index in [4.69, 9.17) is 9.26 Å². The molecule has 0 aliphatic heterocycles. The van der Waals surface area contributed by atoms with Gasteiger partial charge in [0.1, 0.15) is 0 Å². The zero-order valence-corrected chi connectivity index (χ0v) is 18.3. The molecule has 3 aromatic heterocycles. The van der Waals surface area contributed by atoms with Gasteiger partial charge in [0, 0.05) is 25.7 Å². The summed E-state index contributed by atoms with van der Waals surface area (Å²) in [6.45, 7) is 7.18. The Hall–Kier alpha value is -2.72. The molecule has 10 heteroatoms. The molecule has 4 aromatic rings. The predicted octanol–water partition coefficient (Wildman–Crippen LogP) is 3.05. The predicted molar refractivity (Wildman–Crippen MR) is 114 cm³/mol. The molecule has 0 N–H and O–H groups in total. The Bertz CT molecular complexity index is 1240. The number of thioether (sulfide) groups is 1. The molecule has 0 saturated carbocycles. The summed E-state index contributed by atoms with van der Waals surface area (Å²) >= 11 is 1.44. The van der Waals surface area contributed by atoms with Gasteiger partial charge in [0.05, 0.1) is 16.7 Å². The molecule has 0 spiro atoms. The van der Waals surface area contributed by atoms with Crippen LogP contribution >= 0.6 is 11.8 Å². The van der Waals surface area contributed by atoms with Crippen LogP contribution in [-0.2, 0) is 22.4 Å². The summed E-state index contributed by atoms with van der Waals surface area (Å²) in [5, 5.41) is 14.0. The Morgan fingerprint density at radius 1 is 1.20 bits per heavy atom.